The lowest BCUT2D eigenvalue weighted by molar-refractivity contribution is 0.307. The quantitative estimate of drug-likeness (QED) is 0.431. The Morgan fingerprint density at radius 3 is 2.55 bits per heavy atom. The highest BCUT2D eigenvalue weighted by Gasteiger charge is 2.40. The van der Waals surface area contributed by atoms with Gasteiger partial charge in [-0.05, 0) is 42.1 Å². The van der Waals surface area contributed by atoms with Crippen LogP contribution in [0.3, 0.4) is 0 Å². The second-order valence-corrected chi connectivity index (χ2v) is 11.5. The van der Waals surface area contributed by atoms with Crippen molar-refractivity contribution in [2.75, 3.05) is 0 Å². The molecule has 4 heteroatoms. The molecule has 0 spiro atoms. The summed E-state index contributed by atoms with van der Waals surface area (Å²) in [5.41, 5.74) is 4.10. The molecule has 0 aliphatic heterocycles. The highest BCUT2D eigenvalue weighted by molar-refractivity contribution is 6.74. The van der Waals surface area contributed by atoms with Gasteiger partial charge in [-0.25, -0.2) is 4.85 Å². The van der Waals surface area contributed by atoms with Crippen molar-refractivity contribution in [1.82, 2.24) is 0 Å². The van der Waals surface area contributed by atoms with E-state index >= 15 is 0 Å². The summed E-state index contributed by atoms with van der Waals surface area (Å²) in [7, 11) is -1.85. The van der Waals surface area contributed by atoms with E-state index in [1.165, 1.54) is 5.56 Å². The lowest BCUT2D eigenvalue weighted by Gasteiger charge is -2.33. The van der Waals surface area contributed by atoms with Gasteiger partial charge in [0.2, 0.25) is 0 Å². The summed E-state index contributed by atoms with van der Waals surface area (Å²) in [5.74, 6) is 0. The molecule has 3 nitrogen and oxygen atoms in total. The molecule has 0 amide bonds. The van der Waals surface area contributed by atoms with E-state index in [0.717, 1.165) is 24.1 Å². The monoisotopic (exact) mass is 286 g/mol. The number of hydrogen-bond acceptors (Lipinski definition) is 2. The predicted molar refractivity (Wildman–Crippen MR) is 85.8 cm³/mol. The Kier molecular flexibility index (Phi) is 3.75. The molecule has 0 saturated heterocycles. The highest BCUT2D eigenvalue weighted by atomic mass is 28.4. The molecule has 0 saturated carbocycles. The number of benzene rings is 1. The fourth-order valence-electron chi connectivity index (χ4n) is 1.93. The van der Waals surface area contributed by atoms with Crippen molar-refractivity contribution >= 4 is 19.7 Å². The van der Waals surface area contributed by atoms with Crippen LogP contribution in [-0.4, -0.2) is 14.0 Å². The number of oxime groups is 1. The van der Waals surface area contributed by atoms with E-state index in [1.54, 1.807) is 0 Å². The molecule has 1 aliphatic carbocycles. The van der Waals surface area contributed by atoms with Gasteiger partial charge in [0.25, 0.3) is 8.32 Å². The Bertz CT molecular complexity index is 591. The number of hydrogen-bond donors (Lipinski definition) is 0. The van der Waals surface area contributed by atoms with Crippen molar-refractivity contribution in [2.24, 2.45) is 5.16 Å². The molecule has 1 aliphatic rings. The Labute approximate surface area is 122 Å². The van der Waals surface area contributed by atoms with Crippen LogP contribution in [0, 0.1) is 6.57 Å². The number of rotatable bonds is 2. The molecule has 0 bridgehead atoms. The van der Waals surface area contributed by atoms with Crippen LogP contribution in [0.15, 0.2) is 23.4 Å². The lowest BCUT2D eigenvalue weighted by Crippen LogP contribution is -2.39. The average Bonchev–Trinajstić information content (AvgIpc) is 2.77. The van der Waals surface area contributed by atoms with Gasteiger partial charge in [-0.1, -0.05) is 39.0 Å². The molecule has 0 heterocycles. The molecule has 1 aromatic carbocycles. The fourth-order valence-corrected chi connectivity index (χ4v) is 2.54. The molecule has 20 heavy (non-hydrogen) atoms. The van der Waals surface area contributed by atoms with E-state index < -0.39 is 8.32 Å². The molecule has 0 radical (unpaired) electrons. The number of fused-ring (bicyclic) bond motifs is 1. The van der Waals surface area contributed by atoms with Crippen LogP contribution in [0.2, 0.25) is 18.1 Å². The van der Waals surface area contributed by atoms with Crippen LogP contribution in [0.1, 0.15) is 38.3 Å². The summed E-state index contributed by atoms with van der Waals surface area (Å²) in [6.45, 7) is 18.1. The van der Waals surface area contributed by atoms with Crippen LogP contribution < -0.4 is 0 Å². The zero-order valence-electron chi connectivity index (χ0n) is 12.9. The summed E-state index contributed by atoms with van der Waals surface area (Å²) in [6, 6.07) is 5.83. The van der Waals surface area contributed by atoms with Crippen molar-refractivity contribution in [3.63, 3.8) is 0 Å². The molecule has 0 atom stereocenters. The smallest absolute Gasteiger partial charge is 0.286 e. The zero-order valence-corrected chi connectivity index (χ0v) is 13.9. The van der Waals surface area contributed by atoms with Gasteiger partial charge in [0, 0.05) is 0 Å². The van der Waals surface area contributed by atoms with Gasteiger partial charge in [0.1, 0.15) is 0 Å². The Morgan fingerprint density at radius 2 is 1.95 bits per heavy atom. The van der Waals surface area contributed by atoms with Crippen LogP contribution in [-0.2, 0) is 10.9 Å². The molecule has 0 unspecified atom stereocenters. The molecule has 0 aromatic heterocycles. The zero-order chi connectivity index (χ0) is 15.0. The van der Waals surface area contributed by atoms with Crippen molar-refractivity contribution in [3.8, 4) is 0 Å². The van der Waals surface area contributed by atoms with Gasteiger partial charge in [-0.2, -0.15) is 0 Å². The van der Waals surface area contributed by atoms with Gasteiger partial charge >= 0.3 is 0 Å². The minimum atomic E-state index is -1.85. The topological polar surface area (TPSA) is 25.9 Å². The first kappa shape index (κ1) is 14.8. The first-order valence-corrected chi connectivity index (χ1v) is 9.91. The third kappa shape index (κ3) is 2.78. The number of nitrogens with zero attached hydrogens (tertiary/aromatic N) is 2. The van der Waals surface area contributed by atoms with Crippen molar-refractivity contribution in [1.29, 1.82) is 0 Å². The molecule has 0 N–H and O–H groups in total. The lowest BCUT2D eigenvalue weighted by atomic mass is 10.1. The SMILES string of the molecule is [C-]#[N+]c1ccc2c(c1)CC/C2=N\O[Si](C)(C)C(C)(C)C. The summed E-state index contributed by atoms with van der Waals surface area (Å²) >= 11 is 0. The Morgan fingerprint density at radius 1 is 1.25 bits per heavy atom. The van der Waals surface area contributed by atoms with Gasteiger partial charge in [-0.15, -0.1) is 5.16 Å². The van der Waals surface area contributed by atoms with Gasteiger partial charge in [0.15, 0.2) is 5.69 Å². The molecule has 106 valence electrons. The largest absolute Gasteiger partial charge is 0.455 e. The predicted octanol–water partition coefficient (Wildman–Crippen LogP) is 4.91. The van der Waals surface area contributed by atoms with Crippen molar-refractivity contribution < 1.29 is 4.53 Å². The van der Waals surface area contributed by atoms with Gasteiger partial charge in [-0.3, -0.25) is 0 Å². The highest BCUT2D eigenvalue weighted by Crippen LogP contribution is 2.37. The first-order valence-electron chi connectivity index (χ1n) is 7.00. The van der Waals surface area contributed by atoms with Crippen molar-refractivity contribution in [2.45, 2.75) is 51.7 Å². The Hall–Kier alpha value is -1.60. The molecular formula is C16H22N2OSi. The number of aryl methyl sites for hydroxylation is 1. The third-order valence-electron chi connectivity index (χ3n) is 4.35. The summed E-state index contributed by atoms with van der Waals surface area (Å²) < 4.78 is 5.96. The minimum Gasteiger partial charge on any atom is -0.455 e. The molecule has 2 rings (SSSR count). The van der Waals surface area contributed by atoms with E-state index in [-0.39, 0.29) is 5.04 Å². The molecule has 0 fully saturated rings. The maximum atomic E-state index is 7.06. The Balaban J connectivity index is 2.23. The summed E-state index contributed by atoms with van der Waals surface area (Å²) in [6.07, 6.45) is 1.86. The molecule has 1 aromatic rings. The van der Waals surface area contributed by atoms with E-state index in [0.29, 0.717) is 5.69 Å². The van der Waals surface area contributed by atoms with Gasteiger partial charge < -0.3 is 4.53 Å². The average molecular weight is 286 g/mol. The fraction of sp³-hybridized carbons (Fsp3) is 0.500. The third-order valence-corrected chi connectivity index (χ3v) is 8.51. The van der Waals surface area contributed by atoms with E-state index in [2.05, 4.69) is 43.9 Å². The first-order chi connectivity index (χ1) is 9.24. The van der Waals surface area contributed by atoms with Crippen LogP contribution >= 0.6 is 0 Å². The van der Waals surface area contributed by atoms with Crippen LogP contribution in [0.4, 0.5) is 5.69 Å². The van der Waals surface area contributed by atoms with E-state index in [1.807, 2.05) is 18.2 Å². The van der Waals surface area contributed by atoms with Gasteiger partial charge in [0.05, 0.1) is 12.3 Å². The standard InChI is InChI=1S/C16H22N2OSi/c1-16(2,3)20(5,6)19-18-15-10-7-12-11-13(17-4)8-9-14(12)15/h8-9,11H,7,10H2,1-3,5-6H3/b18-15+. The maximum absolute atomic E-state index is 7.06. The summed E-state index contributed by atoms with van der Waals surface area (Å²) in [4.78, 5) is 3.48. The van der Waals surface area contributed by atoms with Crippen molar-refractivity contribution in [3.05, 3.63) is 40.7 Å². The molecular weight excluding hydrogens is 264 g/mol. The normalized spacial score (nSPS) is 16.9. The minimum absolute atomic E-state index is 0.159. The van der Waals surface area contributed by atoms with Crippen LogP contribution in [0.5, 0.6) is 0 Å². The maximum Gasteiger partial charge on any atom is 0.286 e. The second kappa shape index (κ2) is 5.06. The van der Waals surface area contributed by atoms with Crippen LogP contribution in [0.25, 0.3) is 4.85 Å². The summed E-state index contributed by atoms with van der Waals surface area (Å²) in [5, 5.41) is 4.62. The van der Waals surface area contributed by atoms with E-state index in [9.17, 15) is 0 Å². The second-order valence-electron chi connectivity index (χ2n) is 6.84. The van der Waals surface area contributed by atoms with E-state index in [4.69, 9.17) is 11.1 Å².